The monoisotopic (exact) mass is 395 g/mol. The fraction of sp³-hybridized carbons (Fsp3) is 0.333. The first-order valence-electron chi connectivity index (χ1n) is 11.0. The van der Waals surface area contributed by atoms with Crippen LogP contribution in [0, 0.1) is 17.4 Å². The number of hydrogen-bond acceptors (Lipinski definition) is 3. The molecule has 0 bridgehead atoms. The standard InChI is InChI=1S/C27H29N3/c28-29-27(16-21-10-4-1-5-11-21)17-24-25(18-27)26(24)30(19-22-12-6-2-7-13-22)20-23-14-8-3-9-15-23/h1-15,24-26,28H,16-20H2. The predicted molar refractivity (Wildman–Crippen MR) is 120 cm³/mol. The van der Waals surface area contributed by atoms with Crippen LogP contribution in [0.4, 0.5) is 0 Å². The van der Waals surface area contributed by atoms with Gasteiger partial charge in [0.05, 0.1) is 5.54 Å². The van der Waals surface area contributed by atoms with Crippen molar-refractivity contribution >= 4 is 0 Å². The SMILES string of the molecule is N=NC1(Cc2ccccc2)CC2C(C1)C2N(Cc1ccccc1)Cc1ccccc1. The van der Waals surface area contributed by atoms with Crippen LogP contribution in [0.3, 0.4) is 0 Å². The molecule has 0 spiro atoms. The van der Waals surface area contributed by atoms with Gasteiger partial charge < -0.3 is 0 Å². The van der Waals surface area contributed by atoms with Gasteiger partial charge in [0.2, 0.25) is 0 Å². The van der Waals surface area contributed by atoms with Gasteiger partial charge in [-0.3, -0.25) is 4.90 Å². The molecule has 3 nitrogen and oxygen atoms in total. The summed E-state index contributed by atoms with van der Waals surface area (Å²) in [6, 6.07) is 32.8. The van der Waals surface area contributed by atoms with Crippen molar-refractivity contribution in [3.8, 4) is 0 Å². The van der Waals surface area contributed by atoms with E-state index in [2.05, 4.69) is 101 Å². The average Bonchev–Trinajstić information content (AvgIpc) is 3.31. The van der Waals surface area contributed by atoms with Gasteiger partial charge in [-0.15, -0.1) is 0 Å². The van der Waals surface area contributed by atoms with E-state index in [1.807, 2.05) is 0 Å². The molecule has 2 fully saturated rings. The number of fused-ring (bicyclic) bond motifs is 1. The minimum absolute atomic E-state index is 0.196. The molecule has 2 aliphatic rings. The average molecular weight is 396 g/mol. The molecule has 1 N–H and O–H groups in total. The van der Waals surface area contributed by atoms with Crippen LogP contribution in [0.15, 0.2) is 96.1 Å². The fourth-order valence-corrected chi connectivity index (χ4v) is 5.62. The topological polar surface area (TPSA) is 39.5 Å². The number of benzene rings is 3. The third-order valence-corrected chi connectivity index (χ3v) is 7.01. The van der Waals surface area contributed by atoms with Crippen LogP contribution in [0.25, 0.3) is 0 Å². The zero-order chi connectivity index (χ0) is 20.4. The second-order valence-corrected chi connectivity index (χ2v) is 9.10. The maximum Gasteiger partial charge on any atom is 0.0860 e. The third kappa shape index (κ3) is 3.95. The normalized spacial score (nSPS) is 27.0. The molecule has 2 aliphatic carbocycles. The highest BCUT2D eigenvalue weighted by Gasteiger charge is 2.63. The summed E-state index contributed by atoms with van der Waals surface area (Å²) >= 11 is 0. The highest BCUT2D eigenvalue weighted by Crippen LogP contribution is 2.60. The molecule has 152 valence electrons. The van der Waals surface area contributed by atoms with E-state index >= 15 is 0 Å². The van der Waals surface area contributed by atoms with E-state index in [0.717, 1.165) is 32.4 Å². The molecule has 30 heavy (non-hydrogen) atoms. The van der Waals surface area contributed by atoms with Crippen molar-refractivity contribution in [2.24, 2.45) is 17.0 Å². The van der Waals surface area contributed by atoms with Crippen molar-refractivity contribution < 1.29 is 0 Å². The largest absolute Gasteiger partial charge is 0.291 e. The van der Waals surface area contributed by atoms with Gasteiger partial charge in [0.25, 0.3) is 0 Å². The molecule has 2 unspecified atom stereocenters. The molecular weight excluding hydrogens is 366 g/mol. The van der Waals surface area contributed by atoms with Crippen LogP contribution in [0.1, 0.15) is 29.5 Å². The van der Waals surface area contributed by atoms with Crippen LogP contribution in [0.2, 0.25) is 0 Å². The van der Waals surface area contributed by atoms with Crippen LogP contribution >= 0.6 is 0 Å². The first kappa shape index (κ1) is 19.2. The van der Waals surface area contributed by atoms with Crippen molar-refractivity contribution in [1.82, 2.24) is 4.90 Å². The van der Waals surface area contributed by atoms with Gasteiger partial charge in [-0.1, -0.05) is 91.0 Å². The molecule has 3 heteroatoms. The van der Waals surface area contributed by atoms with E-state index in [0.29, 0.717) is 17.9 Å². The Bertz CT molecular complexity index is 917. The van der Waals surface area contributed by atoms with Crippen molar-refractivity contribution in [2.75, 3.05) is 0 Å². The fourth-order valence-electron chi connectivity index (χ4n) is 5.62. The molecule has 5 rings (SSSR count). The Labute approximate surface area is 179 Å². The van der Waals surface area contributed by atoms with Crippen molar-refractivity contribution in [1.29, 1.82) is 5.53 Å². The van der Waals surface area contributed by atoms with Crippen LogP contribution < -0.4 is 0 Å². The van der Waals surface area contributed by atoms with Gasteiger partial charge >= 0.3 is 0 Å². The Kier molecular flexibility index (Phi) is 5.22. The zero-order valence-corrected chi connectivity index (χ0v) is 17.3. The molecule has 2 atom stereocenters. The molecular formula is C27H29N3. The molecule has 0 radical (unpaired) electrons. The van der Waals surface area contributed by atoms with Crippen LogP contribution in [0.5, 0.6) is 0 Å². The molecule has 3 aromatic rings. The second-order valence-electron chi connectivity index (χ2n) is 9.10. The van der Waals surface area contributed by atoms with Gasteiger partial charge in [0, 0.05) is 19.1 Å². The Morgan fingerprint density at radius 2 is 1.13 bits per heavy atom. The first-order valence-corrected chi connectivity index (χ1v) is 11.0. The maximum absolute atomic E-state index is 7.95. The Morgan fingerprint density at radius 3 is 1.57 bits per heavy atom. The van der Waals surface area contributed by atoms with Crippen LogP contribution in [-0.4, -0.2) is 16.5 Å². The lowest BCUT2D eigenvalue weighted by Crippen LogP contribution is -2.34. The molecule has 3 aromatic carbocycles. The minimum Gasteiger partial charge on any atom is -0.291 e. The van der Waals surface area contributed by atoms with E-state index in [9.17, 15) is 0 Å². The Balaban J connectivity index is 1.31. The Morgan fingerprint density at radius 1 is 0.700 bits per heavy atom. The molecule has 0 amide bonds. The number of hydrogen-bond donors (Lipinski definition) is 1. The van der Waals surface area contributed by atoms with Gasteiger partial charge in [-0.05, 0) is 47.8 Å². The number of rotatable bonds is 8. The molecule has 0 saturated heterocycles. The van der Waals surface area contributed by atoms with Crippen molar-refractivity contribution in [3.63, 3.8) is 0 Å². The highest BCUT2D eigenvalue weighted by molar-refractivity contribution is 5.25. The van der Waals surface area contributed by atoms with E-state index in [1.165, 1.54) is 16.7 Å². The van der Waals surface area contributed by atoms with Gasteiger partial charge in [-0.2, -0.15) is 5.11 Å². The lowest BCUT2D eigenvalue weighted by atomic mass is 9.86. The lowest BCUT2D eigenvalue weighted by molar-refractivity contribution is 0.197. The maximum atomic E-state index is 7.95. The predicted octanol–water partition coefficient (Wildman–Crippen LogP) is 6.11. The summed E-state index contributed by atoms with van der Waals surface area (Å²) in [5.74, 6) is 1.32. The summed E-state index contributed by atoms with van der Waals surface area (Å²) in [4.78, 5) is 2.66. The zero-order valence-electron chi connectivity index (χ0n) is 17.3. The van der Waals surface area contributed by atoms with E-state index in [4.69, 9.17) is 5.53 Å². The quantitative estimate of drug-likeness (QED) is 0.459. The summed E-state index contributed by atoms with van der Waals surface area (Å²) in [5.41, 5.74) is 11.8. The summed E-state index contributed by atoms with van der Waals surface area (Å²) in [6.07, 6.45) is 2.98. The third-order valence-electron chi connectivity index (χ3n) is 7.01. The number of nitrogens with zero attached hydrogens (tertiary/aromatic N) is 2. The van der Waals surface area contributed by atoms with Gasteiger partial charge in [-0.25, -0.2) is 5.53 Å². The molecule has 2 saturated carbocycles. The number of nitrogens with one attached hydrogen (secondary N) is 1. The summed E-state index contributed by atoms with van der Waals surface area (Å²) < 4.78 is 0. The van der Waals surface area contributed by atoms with Crippen molar-refractivity contribution in [3.05, 3.63) is 108 Å². The summed E-state index contributed by atoms with van der Waals surface area (Å²) in [6.45, 7) is 1.97. The van der Waals surface area contributed by atoms with Gasteiger partial charge in [0.15, 0.2) is 0 Å². The summed E-state index contributed by atoms with van der Waals surface area (Å²) in [5, 5.41) is 4.19. The molecule has 0 aromatic heterocycles. The van der Waals surface area contributed by atoms with Gasteiger partial charge in [0.1, 0.15) is 0 Å². The molecule has 0 aliphatic heterocycles. The first-order chi connectivity index (χ1) is 14.8. The van der Waals surface area contributed by atoms with E-state index in [-0.39, 0.29) is 5.54 Å². The van der Waals surface area contributed by atoms with E-state index < -0.39 is 0 Å². The highest BCUT2D eigenvalue weighted by atomic mass is 15.2. The van der Waals surface area contributed by atoms with Crippen LogP contribution in [-0.2, 0) is 19.5 Å². The van der Waals surface area contributed by atoms with E-state index in [1.54, 1.807) is 0 Å². The van der Waals surface area contributed by atoms with Crippen molar-refractivity contribution in [2.45, 2.75) is 43.9 Å². The minimum atomic E-state index is -0.196. The summed E-state index contributed by atoms with van der Waals surface area (Å²) in [7, 11) is 0. The molecule has 0 heterocycles. The lowest BCUT2D eigenvalue weighted by Gasteiger charge is -2.30. The second kappa shape index (κ2) is 8.16. The smallest absolute Gasteiger partial charge is 0.0860 e. The Hall–Kier alpha value is -2.78.